The van der Waals surface area contributed by atoms with Crippen LogP contribution in [0.3, 0.4) is 0 Å². The molecule has 0 aliphatic carbocycles. The molecule has 0 bridgehead atoms. The molecule has 0 saturated heterocycles. The summed E-state index contributed by atoms with van der Waals surface area (Å²) in [6.45, 7) is -0.0384. The molecule has 0 aliphatic rings. The smallest absolute Gasteiger partial charge is 0.407 e. The van der Waals surface area contributed by atoms with Crippen LogP contribution in [0.4, 0.5) is 10.5 Å². The van der Waals surface area contributed by atoms with Crippen LogP contribution in [0, 0.1) is 0 Å². The lowest BCUT2D eigenvalue weighted by Crippen LogP contribution is -2.43. The summed E-state index contributed by atoms with van der Waals surface area (Å²) in [4.78, 5) is 47.3. The average Bonchev–Trinajstić information content (AvgIpc) is 3.46. The molecule has 1 atom stereocenters. The van der Waals surface area contributed by atoms with Gasteiger partial charge in [-0.15, -0.1) is 0 Å². The maximum absolute atomic E-state index is 13.2. The van der Waals surface area contributed by atoms with Gasteiger partial charge in [-0.25, -0.2) is 14.4 Å². The molecule has 0 fully saturated rings. The van der Waals surface area contributed by atoms with Gasteiger partial charge in [-0.05, 0) is 48.9 Å². The van der Waals surface area contributed by atoms with Gasteiger partial charge in [0.05, 0.1) is 48.7 Å². The molecular formula is C29H31Cl2N3O10. The second kappa shape index (κ2) is 17.9. The highest BCUT2D eigenvalue weighted by atomic mass is 35.5. The number of hydrogen-bond donors (Lipinski definition) is 5. The lowest BCUT2D eigenvalue weighted by molar-refractivity contribution is -0.142. The number of benzene rings is 2. The van der Waals surface area contributed by atoms with E-state index >= 15 is 0 Å². The van der Waals surface area contributed by atoms with E-state index in [2.05, 4.69) is 16.0 Å². The zero-order valence-electron chi connectivity index (χ0n) is 23.3. The topological polar surface area (TPSA) is 186 Å². The molecule has 5 N–H and O–H groups in total. The second-order valence-electron chi connectivity index (χ2n) is 9.07. The molecule has 3 rings (SSSR count). The maximum atomic E-state index is 13.2. The summed E-state index contributed by atoms with van der Waals surface area (Å²) < 4.78 is 20.9. The van der Waals surface area contributed by atoms with Gasteiger partial charge < -0.3 is 39.5 Å². The van der Waals surface area contributed by atoms with Crippen LogP contribution in [0.5, 0.6) is 0 Å². The van der Waals surface area contributed by atoms with Crippen LogP contribution in [0.2, 0.25) is 10.0 Å². The van der Waals surface area contributed by atoms with E-state index in [4.69, 9.17) is 46.9 Å². The minimum absolute atomic E-state index is 0.0376. The van der Waals surface area contributed by atoms with Gasteiger partial charge in [0.2, 0.25) is 5.91 Å². The van der Waals surface area contributed by atoms with Gasteiger partial charge in [0, 0.05) is 17.1 Å². The SMILES string of the molecule is O=C(O)COCCOCCOC(=O)NCCC(NCc1ccc(-c2cc(Cl)ccc2Cl)o1)C(=O)Nc1ccccc1C(=O)O. The molecule has 0 aliphatic heterocycles. The molecule has 13 nitrogen and oxygen atoms in total. The quantitative estimate of drug-likeness (QED) is 0.124. The third-order valence-electron chi connectivity index (χ3n) is 5.87. The summed E-state index contributed by atoms with van der Waals surface area (Å²) >= 11 is 12.4. The van der Waals surface area contributed by atoms with Crippen molar-refractivity contribution >= 4 is 52.8 Å². The number of para-hydroxylation sites is 1. The number of carbonyl (C=O) groups excluding carboxylic acids is 2. The number of alkyl carbamates (subject to hydrolysis) is 1. The lowest BCUT2D eigenvalue weighted by Gasteiger charge is -2.19. The van der Waals surface area contributed by atoms with Crippen LogP contribution in [-0.2, 0) is 30.3 Å². The molecule has 0 saturated carbocycles. The number of carboxylic acid groups (broad SMARTS) is 2. The van der Waals surface area contributed by atoms with Gasteiger partial charge >= 0.3 is 18.0 Å². The first kappa shape index (κ1) is 34.4. The number of anilines is 1. The van der Waals surface area contributed by atoms with Gasteiger partial charge in [-0.2, -0.15) is 0 Å². The fourth-order valence-corrected chi connectivity index (χ4v) is 4.18. The molecule has 44 heavy (non-hydrogen) atoms. The maximum Gasteiger partial charge on any atom is 0.407 e. The van der Waals surface area contributed by atoms with Crippen molar-refractivity contribution in [1.82, 2.24) is 10.6 Å². The predicted molar refractivity (Wildman–Crippen MR) is 160 cm³/mol. The Morgan fingerprint density at radius 3 is 2.43 bits per heavy atom. The molecule has 1 heterocycles. The Hall–Kier alpha value is -4.14. The highest BCUT2D eigenvalue weighted by Crippen LogP contribution is 2.31. The van der Waals surface area contributed by atoms with Crippen molar-refractivity contribution < 1.29 is 48.0 Å². The lowest BCUT2D eigenvalue weighted by atomic mass is 10.1. The number of hydrogen-bond acceptors (Lipinski definition) is 9. The van der Waals surface area contributed by atoms with E-state index < -0.39 is 36.6 Å². The van der Waals surface area contributed by atoms with Crippen molar-refractivity contribution in [2.45, 2.75) is 19.0 Å². The van der Waals surface area contributed by atoms with Crippen molar-refractivity contribution in [1.29, 1.82) is 0 Å². The number of halogens is 2. The van der Waals surface area contributed by atoms with Gasteiger partial charge in [-0.3, -0.25) is 10.1 Å². The van der Waals surface area contributed by atoms with Crippen LogP contribution in [0.25, 0.3) is 11.3 Å². The molecule has 2 amide bonds. The minimum Gasteiger partial charge on any atom is -0.480 e. The fourth-order valence-electron chi connectivity index (χ4n) is 3.79. The van der Waals surface area contributed by atoms with Crippen molar-refractivity contribution in [2.24, 2.45) is 0 Å². The third-order valence-corrected chi connectivity index (χ3v) is 6.44. The summed E-state index contributed by atoms with van der Waals surface area (Å²) in [7, 11) is 0. The van der Waals surface area contributed by atoms with Crippen molar-refractivity contribution in [2.75, 3.05) is 44.9 Å². The van der Waals surface area contributed by atoms with Gasteiger partial charge in [0.15, 0.2) is 0 Å². The standard InChI is InChI=1S/C29H31Cl2N3O10/c30-18-5-7-22(31)21(15-18)25-8-6-19(44-25)16-33-24(27(37)34-23-4-2-1-3-20(23)28(38)39)9-10-32-29(40)43-14-13-41-11-12-42-17-26(35)36/h1-8,15,24,33H,9-14,16-17H2,(H,32,40)(H,34,37)(H,35,36)(H,38,39). The van der Waals surface area contributed by atoms with E-state index in [0.717, 1.165) is 0 Å². The monoisotopic (exact) mass is 651 g/mol. The average molecular weight is 652 g/mol. The predicted octanol–water partition coefficient (Wildman–Crippen LogP) is 4.28. The Morgan fingerprint density at radius 2 is 1.66 bits per heavy atom. The van der Waals surface area contributed by atoms with Crippen LogP contribution in [-0.4, -0.2) is 79.8 Å². The molecular weight excluding hydrogens is 621 g/mol. The first-order valence-corrected chi connectivity index (χ1v) is 14.1. The number of nitrogens with one attached hydrogen (secondary N) is 3. The number of carboxylic acids is 2. The Labute approximate surface area is 262 Å². The Bertz CT molecular complexity index is 1430. The Balaban J connectivity index is 1.55. The van der Waals surface area contributed by atoms with Gasteiger partial charge in [0.1, 0.15) is 24.7 Å². The third kappa shape index (κ3) is 11.5. The molecule has 15 heteroatoms. The van der Waals surface area contributed by atoms with Gasteiger partial charge in [-0.1, -0.05) is 35.3 Å². The highest BCUT2D eigenvalue weighted by molar-refractivity contribution is 6.35. The number of rotatable bonds is 18. The largest absolute Gasteiger partial charge is 0.480 e. The van der Waals surface area contributed by atoms with E-state index in [1.165, 1.54) is 12.1 Å². The number of aromatic carboxylic acids is 1. The summed E-state index contributed by atoms with van der Waals surface area (Å²) in [6.07, 6.45) is -0.624. The summed E-state index contributed by atoms with van der Waals surface area (Å²) in [5.41, 5.74) is 0.643. The fraction of sp³-hybridized carbons (Fsp3) is 0.310. The molecule has 1 aromatic heterocycles. The Kier molecular flexibility index (Phi) is 13.9. The normalized spacial score (nSPS) is 11.5. The van der Waals surface area contributed by atoms with Crippen molar-refractivity contribution in [3.05, 3.63) is 76.0 Å². The van der Waals surface area contributed by atoms with Gasteiger partial charge in [0.25, 0.3) is 0 Å². The van der Waals surface area contributed by atoms with Crippen molar-refractivity contribution in [3.63, 3.8) is 0 Å². The highest BCUT2D eigenvalue weighted by Gasteiger charge is 2.21. The first-order chi connectivity index (χ1) is 21.1. The number of carbonyl (C=O) groups is 4. The molecule has 236 valence electrons. The number of furan rings is 1. The zero-order valence-corrected chi connectivity index (χ0v) is 24.9. The van der Waals surface area contributed by atoms with Crippen LogP contribution < -0.4 is 16.0 Å². The summed E-state index contributed by atoms with van der Waals surface area (Å²) in [6, 6.07) is 13.5. The molecule has 3 aromatic rings. The van der Waals surface area contributed by atoms with Crippen LogP contribution >= 0.6 is 23.2 Å². The van der Waals surface area contributed by atoms with E-state index in [1.54, 1.807) is 42.5 Å². The summed E-state index contributed by atoms with van der Waals surface area (Å²) in [5, 5.41) is 27.2. The molecule has 0 spiro atoms. The first-order valence-electron chi connectivity index (χ1n) is 13.3. The van der Waals surface area contributed by atoms with Crippen LogP contribution in [0.1, 0.15) is 22.5 Å². The second-order valence-corrected chi connectivity index (χ2v) is 9.92. The van der Waals surface area contributed by atoms with E-state index in [1.807, 2.05) is 0 Å². The molecule has 2 aromatic carbocycles. The minimum atomic E-state index is -1.20. The zero-order chi connectivity index (χ0) is 31.9. The number of aliphatic carboxylic acids is 1. The Morgan fingerprint density at radius 1 is 0.909 bits per heavy atom. The van der Waals surface area contributed by atoms with E-state index in [9.17, 15) is 24.3 Å². The molecule has 1 unspecified atom stereocenters. The van der Waals surface area contributed by atoms with E-state index in [-0.39, 0.29) is 57.2 Å². The van der Waals surface area contributed by atoms with Crippen molar-refractivity contribution in [3.8, 4) is 11.3 Å². The van der Waals surface area contributed by atoms with Crippen LogP contribution in [0.15, 0.2) is 59.0 Å². The molecule has 0 radical (unpaired) electrons. The summed E-state index contributed by atoms with van der Waals surface area (Å²) in [5.74, 6) is -1.85. The number of ether oxygens (including phenoxy) is 3. The van der Waals surface area contributed by atoms with E-state index in [0.29, 0.717) is 27.1 Å². The number of amides is 2.